The van der Waals surface area contributed by atoms with Crippen LogP contribution in [0, 0.1) is 6.92 Å². The van der Waals surface area contributed by atoms with Crippen molar-refractivity contribution in [3.05, 3.63) is 16.5 Å². The molecule has 1 fully saturated rings. The summed E-state index contributed by atoms with van der Waals surface area (Å²) >= 11 is 3.29. The van der Waals surface area contributed by atoms with Gasteiger partial charge in [-0.3, -0.25) is 0 Å². The second kappa shape index (κ2) is 4.42. The fourth-order valence-electron chi connectivity index (χ4n) is 1.48. The molecule has 1 saturated heterocycles. The van der Waals surface area contributed by atoms with Crippen LogP contribution >= 0.6 is 15.9 Å². The normalized spacial score (nSPS) is 25.5. The average Bonchev–Trinajstić information content (AvgIpc) is 2.50. The maximum absolute atomic E-state index is 9.55. The van der Waals surface area contributed by atoms with Crippen LogP contribution in [0.2, 0.25) is 0 Å². The van der Waals surface area contributed by atoms with E-state index in [4.69, 9.17) is 4.74 Å². The molecular weight excluding hydrogens is 262 g/mol. The van der Waals surface area contributed by atoms with E-state index in [1.807, 2.05) is 6.92 Å². The lowest BCUT2D eigenvalue weighted by Crippen LogP contribution is -2.32. The van der Waals surface area contributed by atoms with Crippen LogP contribution in [0.4, 0.5) is 5.82 Å². The molecule has 0 saturated carbocycles. The van der Waals surface area contributed by atoms with Crippen LogP contribution < -0.4 is 5.32 Å². The maximum atomic E-state index is 9.55. The topological polar surface area (TPSA) is 67.3 Å². The number of aromatic nitrogens is 2. The van der Waals surface area contributed by atoms with Crippen molar-refractivity contribution in [1.29, 1.82) is 0 Å². The Morgan fingerprint density at radius 1 is 1.53 bits per heavy atom. The average molecular weight is 274 g/mol. The lowest BCUT2D eigenvalue weighted by Gasteiger charge is -2.15. The number of aryl methyl sites for hydroxylation is 1. The van der Waals surface area contributed by atoms with Crippen molar-refractivity contribution in [2.45, 2.75) is 19.1 Å². The van der Waals surface area contributed by atoms with E-state index in [0.717, 1.165) is 4.60 Å². The van der Waals surface area contributed by atoms with Crippen molar-refractivity contribution < 1.29 is 9.84 Å². The summed E-state index contributed by atoms with van der Waals surface area (Å²) in [6.07, 6.45) is -0.473. The summed E-state index contributed by atoms with van der Waals surface area (Å²) in [5.74, 6) is 1.38. The summed E-state index contributed by atoms with van der Waals surface area (Å²) in [6, 6.07) is 1.68. The molecule has 6 heteroatoms. The van der Waals surface area contributed by atoms with E-state index < -0.39 is 6.10 Å². The zero-order valence-corrected chi connectivity index (χ0v) is 9.86. The Labute approximate surface area is 96.0 Å². The largest absolute Gasteiger partial charge is 0.388 e. The van der Waals surface area contributed by atoms with Gasteiger partial charge < -0.3 is 15.2 Å². The third-order valence-electron chi connectivity index (χ3n) is 2.19. The second-order valence-electron chi connectivity index (χ2n) is 3.48. The minimum absolute atomic E-state index is 0.0915. The van der Waals surface area contributed by atoms with Crippen LogP contribution in [-0.2, 0) is 4.74 Å². The van der Waals surface area contributed by atoms with E-state index in [0.29, 0.717) is 24.9 Å². The molecule has 0 aromatic carbocycles. The van der Waals surface area contributed by atoms with Gasteiger partial charge in [-0.25, -0.2) is 9.97 Å². The minimum atomic E-state index is -0.473. The zero-order valence-electron chi connectivity index (χ0n) is 8.27. The van der Waals surface area contributed by atoms with Crippen LogP contribution in [0.5, 0.6) is 0 Å². The predicted octanol–water partition coefficient (Wildman–Crippen LogP) is 0.719. The maximum Gasteiger partial charge on any atom is 0.131 e. The number of aliphatic hydroxyl groups is 1. The molecule has 0 amide bonds. The molecule has 2 rings (SSSR count). The van der Waals surface area contributed by atoms with Crippen molar-refractivity contribution in [2.24, 2.45) is 0 Å². The fourth-order valence-corrected chi connectivity index (χ4v) is 1.95. The van der Waals surface area contributed by atoms with Gasteiger partial charge in [0.15, 0.2) is 0 Å². The number of anilines is 1. The molecule has 1 aliphatic rings. The third kappa shape index (κ3) is 2.64. The van der Waals surface area contributed by atoms with Gasteiger partial charge in [-0.2, -0.15) is 0 Å². The molecule has 1 aromatic rings. The quantitative estimate of drug-likeness (QED) is 0.778. The van der Waals surface area contributed by atoms with Crippen molar-refractivity contribution in [1.82, 2.24) is 9.97 Å². The fraction of sp³-hybridized carbons (Fsp3) is 0.556. The van der Waals surface area contributed by atoms with Gasteiger partial charge >= 0.3 is 0 Å². The monoisotopic (exact) mass is 273 g/mol. The first-order valence-corrected chi connectivity index (χ1v) is 5.48. The highest BCUT2D eigenvalue weighted by molar-refractivity contribution is 9.10. The third-order valence-corrected chi connectivity index (χ3v) is 2.60. The van der Waals surface area contributed by atoms with Crippen molar-refractivity contribution in [3.8, 4) is 0 Å². The van der Waals surface area contributed by atoms with Crippen molar-refractivity contribution in [3.63, 3.8) is 0 Å². The first-order chi connectivity index (χ1) is 7.15. The Bertz CT molecular complexity index is 341. The Morgan fingerprint density at radius 3 is 2.93 bits per heavy atom. The van der Waals surface area contributed by atoms with Crippen molar-refractivity contribution in [2.75, 3.05) is 18.5 Å². The van der Waals surface area contributed by atoms with Crippen molar-refractivity contribution >= 4 is 21.7 Å². The highest BCUT2D eigenvalue weighted by atomic mass is 79.9. The summed E-state index contributed by atoms with van der Waals surface area (Å²) in [6.45, 7) is 2.70. The van der Waals surface area contributed by atoms with Gasteiger partial charge in [0.05, 0.1) is 25.4 Å². The molecule has 15 heavy (non-hydrogen) atoms. The van der Waals surface area contributed by atoms with Gasteiger partial charge in [0, 0.05) is 6.07 Å². The molecule has 2 heterocycles. The Balaban J connectivity index is 2.10. The standard InChI is InChI=1S/C9H12BrN3O2/c1-5-11-8(10)2-9(12-5)13-6-3-15-4-7(6)14/h2,6-7,14H,3-4H2,1H3,(H,11,12,13)/t6-,7-/m1/s1. The van der Waals surface area contributed by atoms with Crippen LogP contribution in [0.3, 0.4) is 0 Å². The summed E-state index contributed by atoms with van der Waals surface area (Å²) in [5, 5.41) is 12.7. The highest BCUT2D eigenvalue weighted by Crippen LogP contribution is 2.16. The molecule has 0 bridgehead atoms. The summed E-state index contributed by atoms with van der Waals surface area (Å²) in [7, 11) is 0. The van der Waals surface area contributed by atoms with Gasteiger partial charge in [-0.15, -0.1) is 0 Å². The summed E-state index contributed by atoms with van der Waals surface area (Å²) in [4.78, 5) is 8.31. The van der Waals surface area contributed by atoms with Crippen LogP contribution in [0.25, 0.3) is 0 Å². The van der Waals surface area contributed by atoms with Crippen LogP contribution in [0.15, 0.2) is 10.7 Å². The highest BCUT2D eigenvalue weighted by Gasteiger charge is 2.26. The van der Waals surface area contributed by atoms with Gasteiger partial charge in [0.25, 0.3) is 0 Å². The Kier molecular flexibility index (Phi) is 3.18. The molecule has 1 aromatic heterocycles. The minimum Gasteiger partial charge on any atom is -0.388 e. The SMILES string of the molecule is Cc1nc(Br)cc(N[C@@H]2COC[C@H]2O)n1. The predicted molar refractivity (Wildman–Crippen MR) is 58.7 cm³/mol. The molecule has 82 valence electrons. The number of halogens is 1. The zero-order chi connectivity index (χ0) is 10.8. The molecule has 2 atom stereocenters. The van der Waals surface area contributed by atoms with E-state index in [-0.39, 0.29) is 6.04 Å². The molecule has 2 N–H and O–H groups in total. The first-order valence-electron chi connectivity index (χ1n) is 4.68. The Morgan fingerprint density at radius 2 is 2.33 bits per heavy atom. The molecular formula is C9H12BrN3O2. The molecule has 0 radical (unpaired) electrons. The van der Waals surface area contributed by atoms with E-state index in [1.165, 1.54) is 0 Å². The van der Waals surface area contributed by atoms with Gasteiger partial charge in [0.1, 0.15) is 16.2 Å². The summed E-state index contributed by atoms with van der Waals surface area (Å²) in [5.41, 5.74) is 0. The number of nitrogens with one attached hydrogen (secondary N) is 1. The number of rotatable bonds is 2. The van der Waals surface area contributed by atoms with Gasteiger partial charge in [-0.1, -0.05) is 0 Å². The van der Waals surface area contributed by atoms with E-state index in [1.54, 1.807) is 6.07 Å². The van der Waals surface area contributed by atoms with Gasteiger partial charge in [0.2, 0.25) is 0 Å². The molecule has 0 aliphatic carbocycles. The van der Waals surface area contributed by atoms with Gasteiger partial charge in [-0.05, 0) is 22.9 Å². The molecule has 5 nitrogen and oxygen atoms in total. The smallest absolute Gasteiger partial charge is 0.131 e. The van der Waals surface area contributed by atoms with E-state index >= 15 is 0 Å². The van der Waals surface area contributed by atoms with E-state index in [2.05, 4.69) is 31.2 Å². The Hall–Kier alpha value is -0.720. The lowest BCUT2D eigenvalue weighted by atomic mass is 10.2. The number of hydrogen-bond donors (Lipinski definition) is 2. The number of nitrogens with zero attached hydrogens (tertiary/aromatic N) is 2. The van der Waals surface area contributed by atoms with Crippen LogP contribution in [-0.4, -0.2) is 40.4 Å². The molecule has 1 aliphatic heterocycles. The first kappa shape index (κ1) is 10.8. The van der Waals surface area contributed by atoms with E-state index in [9.17, 15) is 5.11 Å². The molecule has 0 unspecified atom stereocenters. The number of hydrogen-bond acceptors (Lipinski definition) is 5. The summed E-state index contributed by atoms with van der Waals surface area (Å²) < 4.78 is 5.86. The molecule has 0 spiro atoms. The number of ether oxygens (including phenoxy) is 1. The second-order valence-corrected chi connectivity index (χ2v) is 4.29. The van der Waals surface area contributed by atoms with Crippen LogP contribution in [0.1, 0.15) is 5.82 Å². The number of aliphatic hydroxyl groups excluding tert-OH is 1. The lowest BCUT2D eigenvalue weighted by molar-refractivity contribution is 0.125.